The van der Waals surface area contributed by atoms with Crippen molar-refractivity contribution in [2.45, 2.75) is 31.9 Å². The molecule has 118 valence electrons. The smallest absolute Gasteiger partial charge is 0.259 e. The first-order valence-corrected chi connectivity index (χ1v) is 7.32. The fraction of sp³-hybridized carbons (Fsp3) is 0.533. The molecule has 0 aliphatic carbocycles. The molecule has 1 fully saturated rings. The Hall–Kier alpha value is -2.15. The first-order valence-electron chi connectivity index (χ1n) is 7.32. The molecule has 2 aromatic heterocycles. The van der Waals surface area contributed by atoms with Crippen molar-refractivity contribution in [1.29, 1.82) is 0 Å². The molecule has 3 rings (SSSR count). The van der Waals surface area contributed by atoms with Crippen molar-refractivity contribution in [2.24, 2.45) is 7.05 Å². The van der Waals surface area contributed by atoms with E-state index in [0.29, 0.717) is 17.9 Å². The molecule has 7 nitrogen and oxygen atoms in total. The highest BCUT2D eigenvalue weighted by molar-refractivity contribution is 5.95. The Labute approximate surface area is 128 Å². The van der Waals surface area contributed by atoms with Crippen molar-refractivity contribution < 1.29 is 14.1 Å². The molecule has 1 saturated heterocycles. The number of carbonyl (C=O) groups excluding carboxylic acids is 1. The lowest BCUT2D eigenvalue weighted by Gasteiger charge is -2.27. The van der Waals surface area contributed by atoms with E-state index < -0.39 is 0 Å². The summed E-state index contributed by atoms with van der Waals surface area (Å²) in [6.45, 7) is 2.42. The van der Waals surface area contributed by atoms with Crippen LogP contribution < -0.4 is 0 Å². The maximum Gasteiger partial charge on any atom is 0.259 e. The number of aryl methyl sites for hydroxylation is 2. The van der Waals surface area contributed by atoms with Gasteiger partial charge in [0.05, 0.1) is 24.5 Å². The third-order valence-electron chi connectivity index (χ3n) is 4.23. The van der Waals surface area contributed by atoms with Crippen LogP contribution in [0.3, 0.4) is 0 Å². The average Bonchev–Trinajstić information content (AvgIpc) is 3.19. The normalized spacial score (nSPS) is 21.5. The van der Waals surface area contributed by atoms with Crippen molar-refractivity contribution in [2.75, 3.05) is 13.7 Å². The average molecular weight is 304 g/mol. The SMILES string of the molecule is CO[C@@H]1CCN(C(=O)c2cnoc2C)[C@H]1Cc1cnn(C)c1. The summed E-state index contributed by atoms with van der Waals surface area (Å²) in [4.78, 5) is 14.6. The monoisotopic (exact) mass is 304 g/mol. The van der Waals surface area contributed by atoms with Gasteiger partial charge in [-0.2, -0.15) is 5.10 Å². The van der Waals surface area contributed by atoms with Crippen LogP contribution in [-0.2, 0) is 18.2 Å². The van der Waals surface area contributed by atoms with Crippen molar-refractivity contribution in [3.8, 4) is 0 Å². The van der Waals surface area contributed by atoms with Crippen LogP contribution in [0.2, 0.25) is 0 Å². The quantitative estimate of drug-likeness (QED) is 0.848. The van der Waals surface area contributed by atoms with E-state index in [-0.39, 0.29) is 18.1 Å². The molecule has 7 heteroatoms. The third kappa shape index (κ3) is 2.64. The van der Waals surface area contributed by atoms with Crippen molar-refractivity contribution in [3.05, 3.63) is 35.5 Å². The van der Waals surface area contributed by atoms with Gasteiger partial charge in [-0.25, -0.2) is 0 Å². The predicted octanol–water partition coefficient (Wildman–Crippen LogP) is 1.19. The summed E-state index contributed by atoms with van der Waals surface area (Å²) in [5.41, 5.74) is 1.62. The molecule has 0 unspecified atom stereocenters. The van der Waals surface area contributed by atoms with E-state index >= 15 is 0 Å². The van der Waals surface area contributed by atoms with E-state index in [9.17, 15) is 4.79 Å². The van der Waals surface area contributed by atoms with Gasteiger partial charge >= 0.3 is 0 Å². The van der Waals surface area contributed by atoms with Gasteiger partial charge < -0.3 is 14.2 Å². The number of rotatable bonds is 4. The number of aromatic nitrogens is 3. The third-order valence-corrected chi connectivity index (χ3v) is 4.23. The number of amides is 1. The zero-order chi connectivity index (χ0) is 15.7. The Kier molecular flexibility index (Phi) is 3.98. The minimum atomic E-state index is -0.0489. The fourth-order valence-corrected chi connectivity index (χ4v) is 3.07. The number of ether oxygens (including phenoxy) is 1. The van der Waals surface area contributed by atoms with E-state index in [0.717, 1.165) is 18.4 Å². The van der Waals surface area contributed by atoms with Gasteiger partial charge in [-0.15, -0.1) is 0 Å². The highest BCUT2D eigenvalue weighted by Crippen LogP contribution is 2.26. The van der Waals surface area contributed by atoms with Crippen LogP contribution in [0.5, 0.6) is 0 Å². The molecule has 22 heavy (non-hydrogen) atoms. The molecule has 0 radical (unpaired) electrons. The summed E-state index contributed by atoms with van der Waals surface area (Å²) in [6, 6.07) is -0.00370. The zero-order valence-corrected chi connectivity index (χ0v) is 13.0. The van der Waals surface area contributed by atoms with Gasteiger partial charge in [0.25, 0.3) is 5.91 Å². The second kappa shape index (κ2) is 5.92. The lowest BCUT2D eigenvalue weighted by atomic mass is 10.0. The Balaban J connectivity index is 1.83. The number of hydrogen-bond donors (Lipinski definition) is 0. The van der Waals surface area contributed by atoms with Gasteiger partial charge in [0.1, 0.15) is 11.3 Å². The fourth-order valence-electron chi connectivity index (χ4n) is 3.07. The predicted molar refractivity (Wildman–Crippen MR) is 78.4 cm³/mol. The van der Waals surface area contributed by atoms with Crippen LogP contribution >= 0.6 is 0 Å². The Morgan fingerprint density at radius 2 is 2.32 bits per heavy atom. The molecular formula is C15H20N4O3. The zero-order valence-electron chi connectivity index (χ0n) is 13.0. The summed E-state index contributed by atoms with van der Waals surface area (Å²) in [5.74, 6) is 0.498. The maximum atomic E-state index is 12.7. The molecule has 0 saturated carbocycles. The highest BCUT2D eigenvalue weighted by Gasteiger charge is 2.38. The maximum absolute atomic E-state index is 12.7. The number of carbonyl (C=O) groups is 1. The minimum Gasteiger partial charge on any atom is -0.379 e. The Morgan fingerprint density at radius 3 is 2.91 bits per heavy atom. The molecule has 0 spiro atoms. The van der Waals surface area contributed by atoms with Gasteiger partial charge in [-0.1, -0.05) is 5.16 Å². The lowest BCUT2D eigenvalue weighted by molar-refractivity contribution is 0.0507. The van der Waals surface area contributed by atoms with Gasteiger partial charge in [0.2, 0.25) is 0 Å². The van der Waals surface area contributed by atoms with Crippen molar-refractivity contribution >= 4 is 5.91 Å². The van der Waals surface area contributed by atoms with Crippen LogP contribution in [0, 0.1) is 6.92 Å². The van der Waals surface area contributed by atoms with Gasteiger partial charge in [0, 0.05) is 26.9 Å². The van der Waals surface area contributed by atoms with E-state index in [2.05, 4.69) is 10.3 Å². The highest BCUT2D eigenvalue weighted by atomic mass is 16.5. The van der Waals surface area contributed by atoms with Gasteiger partial charge in [0.15, 0.2) is 0 Å². The van der Waals surface area contributed by atoms with Gasteiger partial charge in [-0.3, -0.25) is 9.48 Å². The van der Waals surface area contributed by atoms with Crippen LogP contribution in [0.15, 0.2) is 23.1 Å². The first-order chi connectivity index (χ1) is 10.6. The number of likely N-dealkylation sites (tertiary alicyclic amines) is 1. The summed E-state index contributed by atoms with van der Waals surface area (Å²) in [5, 5.41) is 7.89. The van der Waals surface area contributed by atoms with E-state index in [1.165, 1.54) is 6.20 Å². The second-order valence-electron chi connectivity index (χ2n) is 5.65. The van der Waals surface area contributed by atoms with Crippen LogP contribution in [0.1, 0.15) is 28.1 Å². The van der Waals surface area contributed by atoms with E-state index in [4.69, 9.17) is 9.26 Å². The molecule has 0 aromatic carbocycles. The van der Waals surface area contributed by atoms with Crippen molar-refractivity contribution in [3.63, 3.8) is 0 Å². The topological polar surface area (TPSA) is 73.4 Å². The van der Waals surface area contributed by atoms with Crippen LogP contribution in [-0.4, -0.2) is 51.5 Å². The molecule has 0 bridgehead atoms. The standard InChI is InChI=1S/C15H20N4O3/c1-10-12(8-17-22-10)15(20)19-5-4-14(21-3)13(19)6-11-7-16-18(2)9-11/h7-9,13-14H,4-6H2,1-3H3/t13-,14+/m0/s1. The summed E-state index contributed by atoms with van der Waals surface area (Å²) in [7, 11) is 3.58. The minimum absolute atomic E-state index is 0.00370. The number of methoxy groups -OCH3 is 1. The largest absolute Gasteiger partial charge is 0.379 e. The summed E-state index contributed by atoms with van der Waals surface area (Å²) < 4.78 is 12.4. The van der Waals surface area contributed by atoms with E-state index in [1.54, 1.807) is 18.7 Å². The summed E-state index contributed by atoms with van der Waals surface area (Å²) in [6.07, 6.45) is 6.87. The molecule has 3 heterocycles. The number of hydrogen-bond acceptors (Lipinski definition) is 5. The molecule has 2 aromatic rings. The Bertz CT molecular complexity index is 663. The second-order valence-corrected chi connectivity index (χ2v) is 5.65. The molecule has 1 aliphatic heterocycles. The summed E-state index contributed by atoms with van der Waals surface area (Å²) >= 11 is 0. The lowest BCUT2D eigenvalue weighted by Crippen LogP contribution is -2.41. The number of nitrogens with zero attached hydrogens (tertiary/aromatic N) is 4. The Morgan fingerprint density at radius 1 is 1.50 bits per heavy atom. The van der Waals surface area contributed by atoms with Gasteiger partial charge in [-0.05, 0) is 25.3 Å². The molecular weight excluding hydrogens is 284 g/mol. The van der Waals surface area contributed by atoms with Crippen LogP contribution in [0.25, 0.3) is 0 Å². The molecule has 1 amide bonds. The molecule has 2 atom stereocenters. The van der Waals surface area contributed by atoms with Crippen molar-refractivity contribution in [1.82, 2.24) is 19.8 Å². The first kappa shape index (κ1) is 14.8. The molecule has 1 aliphatic rings. The molecule has 0 N–H and O–H groups in total. The van der Waals surface area contributed by atoms with Crippen LogP contribution in [0.4, 0.5) is 0 Å². The van der Waals surface area contributed by atoms with E-state index in [1.807, 2.05) is 24.3 Å².